The Morgan fingerprint density at radius 3 is 2.63 bits per heavy atom. The van der Waals surface area contributed by atoms with Crippen LogP contribution in [0.3, 0.4) is 0 Å². The zero-order valence-electron chi connectivity index (χ0n) is 15.1. The minimum Gasteiger partial charge on any atom is -0.337 e. The standard InChI is InChI=1S/C19H23FN6O/c20-15-3-1-13(2-4-15)16-11-26(17(27)7-10-25-12-21-22-23-25)18-14-5-8-24(9-6-14)19(16)18/h1-4,12,14,16,18-19H,5-11H2/t16-,18+,19+/m1/s1. The predicted octanol–water partition coefficient (Wildman–Crippen LogP) is 1.29. The van der Waals surface area contributed by atoms with Crippen LogP contribution in [0.5, 0.6) is 0 Å². The van der Waals surface area contributed by atoms with Crippen molar-refractivity contribution in [3.8, 4) is 0 Å². The molecule has 0 N–H and O–H groups in total. The number of aromatic nitrogens is 4. The Balaban J connectivity index is 1.40. The van der Waals surface area contributed by atoms with Gasteiger partial charge in [0.1, 0.15) is 12.1 Å². The van der Waals surface area contributed by atoms with Gasteiger partial charge in [0.25, 0.3) is 0 Å². The number of nitrogens with zero attached hydrogens (tertiary/aromatic N) is 6. The van der Waals surface area contributed by atoms with Crippen molar-refractivity contribution in [2.75, 3.05) is 19.6 Å². The summed E-state index contributed by atoms with van der Waals surface area (Å²) in [4.78, 5) is 17.7. The highest BCUT2D eigenvalue weighted by Gasteiger charge is 2.54. The lowest BCUT2D eigenvalue weighted by Crippen LogP contribution is -2.60. The van der Waals surface area contributed by atoms with E-state index in [2.05, 4.69) is 25.3 Å². The van der Waals surface area contributed by atoms with Crippen LogP contribution >= 0.6 is 0 Å². The third-order valence-electron chi connectivity index (χ3n) is 6.56. The molecule has 8 heteroatoms. The highest BCUT2D eigenvalue weighted by Crippen LogP contribution is 2.46. The summed E-state index contributed by atoms with van der Waals surface area (Å²) in [6.07, 6.45) is 4.26. The molecule has 5 heterocycles. The fourth-order valence-electron chi connectivity index (χ4n) is 5.34. The van der Waals surface area contributed by atoms with Crippen LogP contribution in [0.4, 0.5) is 4.39 Å². The zero-order valence-corrected chi connectivity index (χ0v) is 15.1. The van der Waals surface area contributed by atoms with E-state index in [-0.39, 0.29) is 23.7 Å². The van der Waals surface area contributed by atoms with Crippen LogP contribution in [0.25, 0.3) is 0 Å². The lowest BCUT2D eigenvalue weighted by atomic mass is 9.75. The van der Waals surface area contributed by atoms with E-state index < -0.39 is 0 Å². The van der Waals surface area contributed by atoms with Gasteiger partial charge in [0.15, 0.2) is 0 Å². The van der Waals surface area contributed by atoms with Crippen LogP contribution in [-0.4, -0.2) is 67.6 Å². The Labute approximate surface area is 157 Å². The second-order valence-corrected chi connectivity index (χ2v) is 7.88. The van der Waals surface area contributed by atoms with E-state index in [1.807, 2.05) is 12.1 Å². The first-order valence-corrected chi connectivity index (χ1v) is 9.70. The average Bonchev–Trinajstić information content (AvgIpc) is 3.37. The molecule has 4 aliphatic heterocycles. The highest BCUT2D eigenvalue weighted by atomic mass is 19.1. The first kappa shape index (κ1) is 16.8. The molecule has 1 aromatic carbocycles. The first-order chi connectivity index (χ1) is 13.2. The van der Waals surface area contributed by atoms with E-state index in [1.54, 1.807) is 4.68 Å². The Kier molecular flexibility index (Phi) is 4.15. The summed E-state index contributed by atoms with van der Waals surface area (Å²) in [5, 5.41) is 11.1. The van der Waals surface area contributed by atoms with Crippen LogP contribution in [0.2, 0.25) is 0 Å². The number of amides is 1. The van der Waals surface area contributed by atoms with Crippen molar-refractivity contribution < 1.29 is 9.18 Å². The summed E-state index contributed by atoms with van der Waals surface area (Å²) in [6.45, 7) is 3.42. The van der Waals surface area contributed by atoms with Crippen LogP contribution in [0.15, 0.2) is 30.6 Å². The zero-order chi connectivity index (χ0) is 18.4. The minimum atomic E-state index is -0.215. The lowest BCUT2D eigenvalue weighted by Gasteiger charge is -2.51. The smallest absolute Gasteiger partial charge is 0.224 e. The fraction of sp³-hybridized carbons (Fsp3) is 0.579. The maximum absolute atomic E-state index is 13.4. The second-order valence-electron chi connectivity index (χ2n) is 7.88. The number of carbonyl (C=O) groups is 1. The molecular weight excluding hydrogens is 347 g/mol. The molecule has 0 saturated carbocycles. The number of rotatable bonds is 4. The fourth-order valence-corrected chi connectivity index (χ4v) is 5.34. The number of tetrazole rings is 1. The average molecular weight is 370 g/mol. The molecule has 1 aromatic heterocycles. The second kappa shape index (κ2) is 6.67. The molecule has 4 fully saturated rings. The van der Waals surface area contributed by atoms with Crippen molar-refractivity contribution >= 4 is 5.91 Å². The summed E-state index contributed by atoms with van der Waals surface area (Å²) in [5.41, 5.74) is 1.13. The molecule has 142 valence electrons. The van der Waals surface area contributed by atoms with Crippen molar-refractivity contribution in [1.82, 2.24) is 30.0 Å². The highest BCUT2D eigenvalue weighted by molar-refractivity contribution is 5.77. The number of piperidine rings is 3. The lowest BCUT2D eigenvalue weighted by molar-refractivity contribution is -0.136. The molecule has 3 atom stereocenters. The van der Waals surface area contributed by atoms with Gasteiger partial charge in [-0.2, -0.15) is 0 Å². The summed E-state index contributed by atoms with van der Waals surface area (Å²) in [6, 6.07) is 7.44. The Hall–Kier alpha value is -2.35. The van der Waals surface area contributed by atoms with Crippen molar-refractivity contribution in [2.24, 2.45) is 5.92 Å². The van der Waals surface area contributed by atoms with Crippen molar-refractivity contribution in [3.05, 3.63) is 42.0 Å². The Morgan fingerprint density at radius 2 is 1.93 bits per heavy atom. The van der Waals surface area contributed by atoms with Gasteiger partial charge in [0.05, 0.1) is 12.6 Å². The van der Waals surface area contributed by atoms with Crippen molar-refractivity contribution in [3.63, 3.8) is 0 Å². The number of aryl methyl sites for hydroxylation is 1. The van der Waals surface area contributed by atoms with Gasteiger partial charge in [-0.05, 0) is 60.0 Å². The molecule has 0 spiro atoms. The molecule has 1 amide bonds. The van der Waals surface area contributed by atoms with E-state index in [1.165, 1.54) is 18.5 Å². The van der Waals surface area contributed by atoms with Gasteiger partial charge in [-0.15, -0.1) is 5.10 Å². The van der Waals surface area contributed by atoms with Crippen LogP contribution in [0.1, 0.15) is 30.7 Å². The third-order valence-corrected chi connectivity index (χ3v) is 6.56. The molecule has 7 nitrogen and oxygen atoms in total. The Bertz CT molecular complexity index is 802. The molecule has 27 heavy (non-hydrogen) atoms. The monoisotopic (exact) mass is 370 g/mol. The topological polar surface area (TPSA) is 67.2 Å². The maximum Gasteiger partial charge on any atom is 0.224 e. The molecule has 2 bridgehead atoms. The van der Waals surface area contributed by atoms with Crippen LogP contribution < -0.4 is 0 Å². The summed E-state index contributed by atoms with van der Waals surface area (Å²) in [5.74, 6) is 0.769. The van der Waals surface area contributed by atoms with Gasteiger partial charge < -0.3 is 4.90 Å². The minimum absolute atomic E-state index is 0.166. The Morgan fingerprint density at radius 1 is 1.15 bits per heavy atom. The number of fused-ring (bicyclic) bond motifs is 2. The van der Waals surface area contributed by atoms with Gasteiger partial charge in [-0.25, -0.2) is 9.07 Å². The maximum atomic E-state index is 13.4. The molecule has 0 aliphatic carbocycles. The van der Waals surface area contributed by atoms with Gasteiger partial charge in [0.2, 0.25) is 5.91 Å². The largest absolute Gasteiger partial charge is 0.337 e. The van der Waals surface area contributed by atoms with Crippen molar-refractivity contribution in [1.29, 1.82) is 0 Å². The molecule has 0 radical (unpaired) electrons. The number of halogens is 1. The van der Waals surface area contributed by atoms with Crippen molar-refractivity contribution in [2.45, 2.75) is 43.8 Å². The number of hydrogen-bond acceptors (Lipinski definition) is 5. The summed E-state index contributed by atoms with van der Waals surface area (Å²) in [7, 11) is 0. The molecule has 0 unspecified atom stereocenters. The molecule has 6 rings (SSSR count). The quantitative estimate of drug-likeness (QED) is 0.811. The SMILES string of the molecule is O=C(CCn1cnnn1)N1C[C@H](c2ccc(F)cc2)[C@H]2[C@@H]1C1CCN2CC1. The van der Waals surface area contributed by atoms with E-state index in [4.69, 9.17) is 0 Å². The van der Waals surface area contributed by atoms with Crippen LogP contribution in [0, 0.1) is 11.7 Å². The van der Waals surface area contributed by atoms with Gasteiger partial charge in [-0.3, -0.25) is 9.69 Å². The number of likely N-dealkylation sites (tertiary alicyclic amines) is 1. The predicted molar refractivity (Wildman–Crippen MR) is 95.2 cm³/mol. The van der Waals surface area contributed by atoms with Gasteiger partial charge >= 0.3 is 0 Å². The molecule has 2 aromatic rings. The summed E-state index contributed by atoms with van der Waals surface area (Å²) < 4.78 is 15.0. The molecule has 4 aliphatic rings. The van der Waals surface area contributed by atoms with Crippen LogP contribution in [-0.2, 0) is 11.3 Å². The van der Waals surface area contributed by atoms with E-state index >= 15 is 0 Å². The third kappa shape index (κ3) is 2.92. The first-order valence-electron chi connectivity index (χ1n) is 9.70. The number of hydrogen-bond donors (Lipinski definition) is 0. The normalized spacial score (nSPS) is 31.9. The van der Waals surface area contributed by atoms with Gasteiger partial charge in [-0.1, -0.05) is 12.1 Å². The number of benzene rings is 1. The van der Waals surface area contributed by atoms with E-state index in [0.717, 1.165) is 31.5 Å². The summed E-state index contributed by atoms with van der Waals surface area (Å²) >= 11 is 0. The molecule has 4 saturated heterocycles. The van der Waals surface area contributed by atoms with Gasteiger partial charge in [0, 0.05) is 24.9 Å². The number of carbonyl (C=O) groups excluding carboxylic acids is 1. The van der Waals surface area contributed by atoms with E-state index in [9.17, 15) is 9.18 Å². The molecular formula is C19H23FN6O. The van der Waals surface area contributed by atoms with E-state index in [0.29, 0.717) is 31.5 Å².